The maximum atomic E-state index is 12.2. The van der Waals surface area contributed by atoms with E-state index in [0.29, 0.717) is 10.7 Å². The molecule has 1 aromatic carbocycles. The first-order chi connectivity index (χ1) is 8.58. The van der Waals surface area contributed by atoms with Crippen LogP contribution in [0, 0.1) is 6.92 Å². The summed E-state index contributed by atoms with van der Waals surface area (Å²) in [6.07, 6.45) is 0. The first-order valence-electron chi connectivity index (χ1n) is 5.58. The van der Waals surface area contributed by atoms with E-state index in [1.54, 1.807) is 0 Å². The molecule has 1 amide bonds. The molecule has 1 heterocycles. The van der Waals surface area contributed by atoms with Crippen molar-refractivity contribution in [3.63, 3.8) is 0 Å². The topological polar surface area (TPSA) is 45.2 Å². The second-order valence-electron chi connectivity index (χ2n) is 4.16. The first kappa shape index (κ1) is 12.6. The second kappa shape index (κ2) is 5.18. The smallest absolute Gasteiger partial charge is 0.259 e. The molecule has 94 valence electrons. The zero-order chi connectivity index (χ0) is 13.1. The summed E-state index contributed by atoms with van der Waals surface area (Å²) in [6.45, 7) is 1.90. The molecule has 0 bridgehead atoms. The average Bonchev–Trinajstić information content (AvgIpc) is 2.74. The number of para-hydroxylation sites is 1. The molecule has 0 aliphatic heterocycles. The van der Waals surface area contributed by atoms with Crippen LogP contribution in [0.3, 0.4) is 0 Å². The van der Waals surface area contributed by atoms with E-state index in [1.165, 1.54) is 11.3 Å². The summed E-state index contributed by atoms with van der Waals surface area (Å²) >= 11 is 1.43. The number of nitrogens with one attached hydrogen (secondary N) is 1. The lowest BCUT2D eigenvalue weighted by molar-refractivity contribution is 0.102. The number of aryl methyl sites for hydroxylation is 1. The van der Waals surface area contributed by atoms with E-state index >= 15 is 0 Å². The van der Waals surface area contributed by atoms with Gasteiger partial charge in [-0.05, 0) is 19.1 Å². The molecule has 2 aromatic rings. The lowest BCUT2D eigenvalue weighted by Gasteiger charge is -2.16. The molecule has 0 radical (unpaired) electrons. The molecule has 0 aliphatic carbocycles. The Balaban J connectivity index is 2.24. The summed E-state index contributed by atoms with van der Waals surface area (Å²) in [7, 11) is 3.83. The van der Waals surface area contributed by atoms with E-state index < -0.39 is 0 Å². The van der Waals surface area contributed by atoms with E-state index in [0.717, 1.165) is 11.4 Å². The number of benzene rings is 1. The van der Waals surface area contributed by atoms with E-state index in [1.807, 2.05) is 55.6 Å². The second-order valence-corrected chi connectivity index (χ2v) is 5.02. The molecule has 0 saturated heterocycles. The van der Waals surface area contributed by atoms with Crippen LogP contribution in [0.2, 0.25) is 0 Å². The summed E-state index contributed by atoms with van der Waals surface area (Å²) in [5.74, 6) is -0.131. The van der Waals surface area contributed by atoms with Gasteiger partial charge in [-0.15, -0.1) is 11.3 Å². The minimum Gasteiger partial charge on any atom is -0.377 e. The van der Waals surface area contributed by atoms with Gasteiger partial charge in [-0.25, -0.2) is 4.98 Å². The molecule has 0 aliphatic rings. The predicted molar refractivity (Wildman–Crippen MR) is 75.6 cm³/mol. The minimum atomic E-state index is -0.131. The quantitative estimate of drug-likeness (QED) is 0.924. The van der Waals surface area contributed by atoms with Gasteiger partial charge in [0.25, 0.3) is 5.91 Å². The molecule has 0 unspecified atom stereocenters. The molecular weight excluding hydrogens is 246 g/mol. The number of thiazole rings is 1. The van der Waals surface area contributed by atoms with Gasteiger partial charge >= 0.3 is 0 Å². The van der Waals surface area contributed by atoms with Gasteiger partial charge in [-0.3, -0.25) is 10.1 Å². The largest absolute Gasteiger partial charge is 0.377 e. The predicted octanol–water partition coefficient (Wildman–Crippen LogP) is 2.77. The number of rotatable bonds is 3. The monoisotopic (exact) mass is 261 g/mol. The summed E-state index contributed by atoms with van der Waals surface area (Å²) in [5.41, 5.74) is 2.45. The van der Waals surface area contributed by atoms with Crippen LogP contribution in [0.5, 0.6) is 0 Å². The highest BCUT2D eigenvalue weighted by Crippen LogP contribution is 2.21. The molecule has 4 nitrogen and oxygen atoms in total. The van der Waals surface area contributed by atoms with Gasteiger partial charge in [0.1, 0.15) is 0 Å². The van der Waals surface area contributed by atoms with Crippen molar-refractivity contribution in [3.8, 4) is 0 Å². The number of hydrogen-bond acceptors (Lipinski definition) is 4. The highest BCUT2D eigenvalue weighted by Gasteiger charge is 2.13. The SMILES string of the molecule is Cc1csc(NC(=O)c2ccccc2N(C)C)n1. The van der Waals surface area contributed by atoms with Crippen molar-refractivity contribution in [2.75, 3.05) is 24.3 Å². The van der Waals surface area contributed by atoms with Crippen molar-refractivity contribution in [1.29, 1.82) is 0 Å². The minimum absolute atomic E-state index is 0.131. The van der Waals surface area contributed by atoms with E-state index in [-0.39, 0.29) is 5.91 Å². The Morgan fingerprint density at radius 1 is 1.33 bits per heavy atom. The van der Waals surface area contributed by atoms with Crippen LogP contribution < -0.4 is 10.2 Å². The summed E-state index contributed by atoms with van der Waals surface area (Å²) in [4.78, 5) is 18.3. The molecule has 1 N–H and O–H groups in total. The number of nitrogens with zero attached hydrogens (tertiary/aromatic N) is 2. The third-order valence-electron chi connectivity index (χ3n) is 2.47. The summed E-state index contributed by atoms with van der Waals surface area (Å²) in [6, 6.07) is 7.50. The van der Waals surface area contributed by atoms with Crippen LogP contribution in [0.25, 0.3) is 0 Å². The Labute approximate surface area is 110 Å². The molecular formula is C13H15N3OS. The van der Waals surface area contributed by atoms with E-state index in [9.17, 15) is 4.79 Å². The number of amides is 1. The van der Waals surface area contributed by atoms with Crippen LogP contribution in [-0.4, -0.2) is 25.0 Å². The van der Waals surface area contributed by atoms with Crippen LogP contribution >= 0.6 is 11.3 Å². The number of carbonyl (C=O) groups excluding carboxylic acids is 1. The van der Waals surface area contributed by atoms with Gasteiger partial charge in [0.15, 0.2) is 5.13 Å². The number of anilines is 2. The molecule has 1 aromatic heterocycles. The van der Waals surface area contributed by atoms with Crippen molar-refractivity contribution in [3.05, 3.63) is 40.9 Å². The van der Waals surface area contributed by atoms with Gasteiger partial charge in [0.05, 0.1) is 11.3 Å². The highest BCUT2D eigenvalue weighted by atomic mass is 32.1. The molecule has 0 fully saturated rings. The van der Waals surface area contributed by atoms with Crippen molar-refractivity contribution < 1.29 is 4.79 Å². The van der Waals surface area contributed by atoms with Crippen LogP contribution in [0.4, 0.5) is 10.8 Å². The van der Waals surface area contributed by atoms with Crippen LogP contribution in [0.1, 0.15) is 16.1 Å². The van der Waals surface area contributed by atoms with E-state index in [2.05, 4.69) is 10.3 Å². The van der Waals surface area contributed by atoms with E-state index in [4.69, 9.17) is 0 Å². The third kappa shape index (κ3) is 2.68. The van der Waals surface area contributed by atoms with Crippen molar-refractivity contribution in [2.45, 2.75) is 6.92 Å². The lowest BCUT2D eigenvalue weighted by Crippen LogP contribution is -2.18. The fourth-order valence-electron chi connectivity index (χ4n) is 1.63. The highest BCUT2D eigenvalue weighted by molar-refractivity contribution is 7.13. The summed E-state index contributed by atoms with van der Waals surface area (Å²) < 4.78 is 0. The van der Waals surface area contributed by atoms with Gasteiger partial charge in [0.2, 0.25) is 0 Å². The zero-order valence-corrected chi connectivity index (χ0v) is 11.4. The molecule has 18 heavy (non-hydrogen) atoms. The average molecular weight is 261 g/mol. The van der Waals surface area contributed by atoms with Crippen molar-refractivity contribution >= 4 is 28.1 Å². The maximum absolute atomic E-state index is 12.2. The number of hydrogen-bond donors (Lipinski definition) is 1. The fourth-order valence-corrected chi connectivity index (χ4v) is 2.31. The molecule has 0 saturated carbocycles. The fraction of sp³-hybridized carbons (Fsp3) is 0.231. The van der Waals surface area contributed by atoms with Gasteiger partial charge < -0.3 is 4.90 Å². The number of aromatic nitrogens is 1. The first-order valence-corrected chi connectivity index (χ1v) is 6.45. The third-order valence-corrected chi connectivity index (χ3v) is 3.35. The standard InChI is InChI=1S/C13H15N3OS/c1-9-8-18-13(14-9)15-12(17)10-6-4-5-7-11(10)16(2)3/h4-8H,1-3H3,(H,14,15,17). The Morgan fingerprint density at radius 2 is 2.06 bits per heavy atom. The molecule has 0 atom stereocenters. The van der Waals surface area contributed by atoms with Crippen molar-refractivity contribution in [2.24, 2.45) is 0 Å². The Hall–Kier alpha value is -1.88. The van der Waals surface area contributed by atoms with Gasteiger partial charge in [0, 0.05) is 25.2 Å². The van der Waals surface area contributed by atoms with Crippen molar-refractivity contribution in [1.82, 2.24) is 4.98 Å². The van der Waals surface area contributed by atoms with Crippen LogP contribution in [0.15, 0.2) is 29.6 Å². The Bertz CT molecular complexity index is 563. The normalized spacial score (nSPS) is 10.2. The maximum Gasteiger partial charge on any atom is 0.259 e. The molecule has 0 spiro atoms. The zero-order valence-electron chi connectivity index (χ0n) is 10.6. The molecule has 5 heteroatoms. The van der Waals surface area contributed by atoms with Gasteiger partial charge in [-0.2, -0.15) is 0 Å². The molecule has 2 rings (SSSR count). The Kier molecular flexibility index (Phi) is 3.62. The Morgan fingerprint density at radius 3 is 2.67 bits per heavy atom. The summed E-state index contributed by atoms with van der Waals surface area (Å²) in [5, 5.41) is 5.36. The number of carbonyl (C=O) groups is 1. The van der Waals surface area contributed by atoms with Crippen LogP contribution in [-0.2, 0) is 0 Å². The van der Waals surface area contributed by atoms with Gasteiger partial charge in [-0.1, -0.05) is 12.1 Å². The lowest BCUT2D eigenvalue weighted by atomic mass is 10.1.